The molecular formula is C31H33N5O3. The molecule has 0 bridgehead atoms. The number of fused-ring (bicyclic) bond motifs is 1. The van der Waals surface area contributed by atoms with E-state index < -0.39 is 0 Å². The monoisotopic (exact) mass is 523 g/mol. The maximum atomic E-state index is 12.9. The van der Waals surface area contributed by atoms with Gasteiger partial charge in [-0.05, 0) is 91.9 Å². The molecule has 4 aromatic rings. The van der Waals surface area contributed by atoms with Crippen LogP contribution in [0.15, 0.2) is 60.8 Å². The fourth-order valence-electron chi connectivity index (χ4n) is 4.45. The molecule has 0 atom stereocenters. The molecule has 39 heavy (non-hydrogen) atoms. The van der Waals surface area contributed by atoms with Gasteiger partial charge in [-0.15, -0.1) is 0 Å². The first kappa shape index (κ1) is 27.3. The SMILES string of the molecule is Cc1cc(C)c2cccc(OCc3c(C)ccc(N(C)C(=O)CNC(=O)/C=C/c4ccc(N)nc4)c3C)c2n1. The van der Waals surface area contributed by atoms with Crippen molar-refractivity contribution in [2.75, 3.05) is 24.2 Å². The Morgan fingerprint density at radius 1 is 1.05 bits per heavy atom. The maximum absolute atomic E-state index is 12.9. The fraction of sp³-hybridized carbons (Fsp3) is 0.226. The zero-order valence-corrected chi connectivity index (χ0v) is 22.9. The summed E-state index contributed by atoms with van der Waals surface area (Å²) in [6.45, 7) is 8.24. The first-order valence-corrected chi connectivity index (χ1v) is 12.7. The number of rotatable bonds is 8. The van der Waals surface area contributed by atoms with Gasteiger partial charge in [0.1, 0.15) is 23.7 Å². The topological polar surface area (TPSA) is 110 Å². The Balaban J connectivity index is 1.44. The van der Waals surface area contributed by atoms with Gasteiger partial charge in [-0.1, -0.05) is 18.2 Å². The van der Waals surface area contributed by atoms with Crippen molar-refractivity contribution in [2.45, 2.75) is 34.3 Å². The van der Waals surface area contributed by atoms with Crippen molar-refractivity contribution in [3.63, 3.8) is 0 Å². The van der Waals surface area contributed by atoms with E-state index in [-0.39, 0.29) is 18.4 Å². The number of benzene rings is 2. The minimum absolute atomic E-state index is 0.140. The average Bonchev–Trinajstić information content (AvgIpc) is 2.91. The molecule has 2 heterocycles. The second-order valence-electron chi connectivity index (χ2n) is 9.55. The molecule has 2 aromatic carbocycles. The number of nitrogens with zero attached hydrogens (tertiary/aromatic N) is 3. The number of amides is 2. The normalized spacial score (nSPS) is 11.1. The summed E-state index contributed by atoms with van der Waals surface area (Å²) in [6.07, 6.45) is 4.54. The van der Waals surface area contributed by atoms with Gasteiger partial charge < -0.3 is 20.7 Å². The number of hydrogen-bond acceptors (Lipinski definition) is 6. The molecule has 0 fully saturated rings. The molecule has 200 valence electrons. The van der Waals surface area contributed by atoms with Crippen molar-refractivity contribution in [1.82, 2.24) is 15.3 Å². The van der Waals surface area contributed by atoms with E-state index in [0.29, 0.717) is 12.4 Å². The van der Waals surface area contributed by atoms with E-state index in [1.54, 1.807) is 36.4 Å². The summed E-state index contributed by atoms with van der Waals surface area (Å²) < 4.78 is 6.28. The molecule has 0 aliphatic carbocycles. The fourth-order valence-corrected chi connectivity index (χ4v) is 4.45. The van der Waals surface area contributed by atoms with Crippen LogP contribution in [0.2, 0.25) is 0 Å². The molecule has 8 heteroatoms. The number of nitrogens with one attached hydrogen (secondary N) is 1. The van der Waals surface area contributed by atoms with Gasteiger partial charge >= 0.3 is 0 Å². The number of para-hydroxylation sites is 1. The van der Waals surface area contributed by atoms with Gasteiger partial charge in [0.25, 0.3) is 0 Å². The Bertz CT molecular complexity index is 1560. The highest BCUT2D eigenvalue weighted by Gasteiger charge is 2.17. The summed E-state index contributed by atoms with van der Waals surface area (Å²) in [4.78, 5) is 35.4. The molecule has 0 saturated heterocycles. The predicted octanol–water partition coefficient (Wildman–Crippen LogP) is 4.82. The van der Waals surface area contributed by atoms with Crippen LogP contribution in [0.1, 0.15) is 33.5 Å². The van der Waals surface area contributed by atoms with Gasteiger partial charge in [-0.2, -0.15) is 0 Å². The van der Waals surface area contributed by atoms with Crippen LogP contribution in [0.25, 0.3) is 17.0 Å². The molecule has 0 unspecified atom stereocenters. The first-order chi connectivity index (χ1) is 18.6. The number of likely N-dealkylation sites (N-methyl/N-ethyl adjacent to an activating group) is 1. The standard InChI is InChI=1S/C31H33N5O3/c1-19-9-12-26(36(5)30(38)17-34-29(37)14-11-23-10-13-28(32)33-16-23)22(4)25(19)18-39-27-8-6-7-24-20(2)15-21(3)35-31(24)27/h6-16H,17-18H2,1-5H3,(H2,32,33)(H,34,37)/b14-11+. The number of ether oxygens (including phenoxy) is 1. The lowest BCUT2D eigenvalue weighted by Gasteiger charge is -2.23. The van der Waals surface area contributed by atoms with Crippen LogP contribution in [0.4, 0.5) is 11.5 Å². The zero-order valence-electron chi connectivity index (χ0n) is 22.9. The molecule has 0 aliphatic rings. The number of carbonyl (C=O) groups excluding carboxylic acids is 2. The van der Waals surface area contributed by atoms with Gasteiger partial charge in [0, 0.05) is 36.1 Å². The molecular weight excluding hydrogens is 490 g/mol. The van der Waals surface area contributed by atoms with E-state index in [1.807, 2.05) is 51.1 Å². The van der Waals surface area contributed by atoms with Crippen LogP contribution in [-0.2, 0) is 16.2 Å². The Labute approximate surface area is 228 Å². The maximum Gasteiger partial charge on any atom is 0.246 e. The van der Waals surface area contributed by atoms with Crippen LogP contribution in [0.3, 0.4) is 0 Å². The minimum atomic E-state index is -0.377. The largest absolute Gasteiger partial charge is 0.487 e. The number of aromatic nitrogens is 2. The van der Waals surface area contributed by atoms with E-state index in [9.17, 15) is 9.59 Å². The van der Waals surface area contributed by atoms with Crippen molar-refractivity contribution in [3.8, 4) is 5.75 Å². The lowest BCUT2D eigenvalue weighted by atomic mass is 10.0. The lowest BCUT2D eigenvalue weighted by Crippen LogP contribution is -2.38. The zero-order chi connectivity index (χ0) is 28.1. The number of anilines is 2. The molecule has 2 amide bonds. The number of nitrogen functional groups attached to an aromatic ring is 1. The van der Waals surface area contributed by atoms with Crippen molar-refractivity contribution in [1.29, 1.82) is 0 Å². The summed E-state index contributed by atoms with van der Waals surface area (Å²) >= 11 is 0. The van der Waals surface area contributed by atoms with E-state index in [0.717, 1.165) is 55.9 Å². The van der Waals surface area contributed by atoms with Gasteiger partial charge in [0.05, 0.1) is 6.54 Å². The van der Waals surface area contributed by atoms with E-state index in [1.165, 1.54) is 6.08 Å². The van der Waals surface area contributed by atoms with Crippen LogP contribution >= 0.6 is 0 Å². The van der Waals surface area contributed by atoms with Crippen molar-refractivity contribution in [3.05, 3.63) is 94.3 Å². The molecule has 0 aliphatic heterocycles. The third kappa shape index (κ3) is 6.41. The van der Waals surface area contributed by atoms with Crippen molar-refractivity contribution in [2.24, 2.45) is 0 Å². The van der Waals surface area contributed by atoms with Gasteiger partial charge in [0.15, 0.2) is 0 Å². The van der Waals surface area contributed by atoms with Gasteiger partial charge in [-0.25, -0.2) is 9.97 Å². The molecule has 8 nitrogen and oxygen atoms in total. The molecule has 0 radical (unpaired) electrons. The molecule has 4 rings (SSSR count). The number of pyridine rings is 2. The van der Waals surface area contributed by atoms with E-state index in [4.69, 9.17) is 15.5 Å². The van der Waals surface area contributed by atoms with Crippen molar-refractivity contribution < 1.29 is 14.3 Å². The van der Waals surface area contributed by atoms with E-state index in [2.05, 4.69) is 23.3 Å². The highest BCUT2D eigenvalue weighted by Crippen LogP contribution is 2.30. The number of hydrogen-bond donors (Lipinski definition) is 2. The Morgan fingerprint density at radius 3 is 2.59 bits per heavy atom. The first-order valence-electron chi connectivity index (χ1n) is 12.7. The Morgan fingerprint density at radius 2 is 1.85 bits per heavy atom. The second kappa shape index (κ2) is 11.8. The molecule has 3 N–H and O–H groups in total. The van der Waals surface area contributed by atoms with Crippen LogP contribution in [-0.4, -0.2) is 35.4 Å². The quantitative estimate of drug-likeness (QED) is 0.321. The lowest BCUT2D eigenvalue weighted by molar-refractivity contribution is -0.122. The highest BCUT2D eigenvalue weighted by molar-refractivity contribution is 5.99. The molecule has 0 spiro atoms. The third-order valence-electron chi connectivity index (χ3n) is 6.70. The predicted molar refractivity (Wildman–Crippen MR) is 156 cm³/mol. The van der Waals surface area contributed by atoms with Gasteiger partial charge in [0.2, 0.25) is 11.8 Å². The van der Waals surface area contributed by atoms with Gasteiger partial charge in [-0.3, -0.25) is 9.59 Å². The molecule has 0 saturated carbocycles. The van der Waals surface area contributed by atoms with Crippen LogP contribution < -0.4 is 20.7 Å². The minimum Gasteiger partial charge on any atom is -0.487 e. The summed E-state index contributed by atoms with van der Waals surface area (Å²) in [5, 5.41) is 3.70. The second-order valence-corrected chi connectivity index (χ2v) is 9.55. The van der Waals surface area contributed by atoms with Crippen LogP contribution in [0.5, 0.6) is 5.75 Å². The van der Waals surface area contributed by atoms with E-state index >= 15 is 0 Å². The summed E-state index contributed by atoms with van der Waals surface area (Å²) in [5.74, 6) is 0.506. The number of aryl methyl sites for hydroxylation is 3. The van der Waals surface area contributed by atoms with Crippen LogP contribution in [0, 0.1) is 27.7 Å². The number of carbonyl (C=O) groups is 2. The summed E-state index contributed by atoms with van der Waals surface area (Å²) in [7, 11) is 1.70. The summed E-state index contributed by atoms with van der Waals surface area (Å²) in [6, 6.07) is 15.3. The molecule has 2 aromatic heterocycles. The van der Waals surface area contributed by atoms with Crippen molar-refractivity contribution >= 4 is 40.3 Å². The average molecular weight is 524 g/mol. The summed E-state index contributed by atoms with van der Waals surface area (Å²) in [5.41, 5.74) is 13.0. The Kier molecular flexibility index (Phi) is 8.24. The smallest absolute Gasteiger partial charge is 0.246 e. The number of nitrogens with two attached hydrogens (primary N) is 1. The third-order valence-corrected chi connectivity index (χ3v) is 6.70. The Hall–Kier alpha value is -4.72. The highest BCUT2D eigenvalue weighted by atomic mass is 16.5.